The molecule has 4 aromatic rings. The first kappa shape index (κ1) is 19.0. The van der Waals surface area contributed by atoms with Gasteiger partial charge in [0.1, 0.15) is 11.5 Å². The molecule has 1 aliphatic heterocycles. The van der Waals surface area contributed by atoms with Gasteiger partial charge < -0.3 is 9.64 Å². The van der Waals surface area contributed by atoms with Gasteiger partial charge in [0.05, 0.1) is 6.20 Å². The molecule has 0 radical (unpaired) electrons. The Bertz CT molecular complexity index is 1220. The molecule has 0 atom stereocenters. The van der Waals surface area contributed by atoms with Crippen LogP contribution in [0.15, 0.2) is 85.5 Å². The van der Waals surface area contributed by atoms with E-state index in [1.54, 1.807) is 18.6 Å². The topological polar surface area (TPSA) is 55.3 Å². The third-order valence-corrected chi connectivity index (χ3v) is 5.44. The third-order valence-electron chi connectivity index (χ3n) is 5.44. The molecule has 1 aliphatic rings. The molecule has 0 bridgehead atoms. The number of aryl methyl sites for hydroxylation is 1. The summed E-state index contributed by atoms with van der Waals surface area (Å²) in [7, 11) is 0. The number of hydrogen-bond acceptors (Lipinski definition) is 4. The molecule has 1 amide bonds. The van der Waals surface area contributed by atoms with E-state index >= 15 is 0 Å². The van der Waals surface area contributed by atoms with Crippen LogP contribution in [0.25, 0.3) is 11.1 Å². The van der Waals surface area contributed by atoms with Crippen LogP contribution in [0.4, 0.5) is 0 Å². The highest BCUT2D eigenvalue weighted by Crippen LogP contribution is 2.32. The van der Waals surface area contributed by atoms with Gasteiger partial charge in [-0.25, -0.2) is 0 Å². The largest absolute Gasteiger partial charge is 0.456 e. The Labute approximate surface area is 181 Å². The Balaban J connectivity index is 1.32. The number of aromatic nitrogens is 2. The zero-order valence-corrected chi connectivity index (χ0v) is 17.2. The molecule has 0 fully saturated rings. The number of fused-ring (bicyclic) bond motifs is 1. The number of ether oxygens (including phenoxy) is 1. The van der Waals surface area contributed by atoms with Crippen LogP contribution in [0, 0.1) is 6.92 Å². The summed E-state index contributed by atoms with van der Waals surface area (Å²) < 4.78 is 5.80. The van der Waals surface area contributed by atoms with E-state index in [2.05, 4.69) is 22.1 Å². The quantitative estimate of drug-likeness (QED) is 0.444. The summed E-state index contributed by atoms with van der Waals surface area (Å²) in [6, 6.07) is 19.7. The van der Waals surface area contributed by atoms with E-state index in [-0.39, 0.29) is 5.91 Å². The van der Waals surface area contributed by atoms with Crippen LogP contribution >= 0.6 is 0 Å². The average Bonchev–Trinajstić information content (AvgIpc) is 3.12. The van der Waals surface area contributed by atoms with Gasteiger partial charge in [-0.15, -0.1) is 0 Å². The number of pyridine rings is 2. The SMILES string of the molecule is Cc1cc(-c2cccnc2)cc2c1C(=O)N(Cc1ccc(Oc3cccnc3)cc1)C2. The van der Waals surface area contributed by atoms with Gasteiger partial charge in [-0.2, -0.15) is 0 Å². The molecular formula is C26H21N3O2. The maximum Gasteiger partial charge on any atom is 0.255 e. The number of amides is 1. The first-order valence-electron chi connectivity index (χ1n) is 10.2. The number of hydrogen-bond donors (Lipinski definition) is 0. The Hall–Kier alpha value is -3.99. The number of benzene rings is 2. The van der Waals surface area contributed by atoms with Crippen molar-refractivity contribution in [3.63, 3.8) is 0 Å². The van der Waals surface area contributed by atoms with Crippen LogP contribution in [0.1, 0.15) is 27.0 Å². The molecule has 5 nitrogen and oxygen atoms in total. The molecule has 0 N–H and O–H groups in total. The van der Waals surface area contributed by atoms with Gasteiger partial charge in [0, 0.05) is 42.8 Å². The van der Waals surface area contributed by atoms with Gasteiger partial charge in [-0.1, -0.05) is 24.3 Å². The van der Waals surface area contributed by atoms with Crippen molar-refractivity contribution in [3.8, 4) is 22.6 Å². The van der Waals surface area contributed by atoms with Crippen molar-refractivity contribution in [2.75, 3.05) is 0 Å². The molecule has 0 spiro atoms. The molecule has 0 unspecified atom stereocenters. The summed E-state index contributed by atoms with van der Waals surface area (Å²) in [5.41, 5.74) is 6.11. The Kier molecular flexibility index (Phi) is 4.92. The summed E-state index contributed by atoms with van der Waals surface area (Å²) >= 11 is 0. The fraction of sp³-hybridized carbons (Fsp3) is 0.115. The van der Waals surface area contributed by atoms with Crippen LogP contribution in [-0.4, -0.2) is 20.8 Å². The van der Waals surface area contributed by atoms with E-state index in [0.29, 0.717) is 18.8 Å². The lowest BCUT2D eigenvalue weighted by Gasteiger charge is -2.16. The summed E-state index contributed by atoms with van der Waals surface area (Å²) in [5.74, 6) is 1.52. The van der Waals surface area contributed by atoms with Gasteiger partial charge in [0.25, 0.3) is 5.91 Å². The molecule has 2 aromatic heterocycles. The van der Waals surface area contributed by atoms with E-state index < -0.39 is 0 Å². The normalized spacial score (nSPS) is 12.7. The maximum atomic E-state index is 13.1. The van der Waals surface area contributed by atoms with Gasteiger partial charge in [0.2, 0.25) is 0 Å². The highest BCUT2D eigenvalue weighted by Gasteiger charge is 2.29. The zero-order valence-electron chi connectivity index (χ0n) is 17.2. The second-order valence-electron chi connectivity index (χ2n) is 7.66. The van der Waals surface area contributed by atoms with E-state index in [4.69, 9.17) is 4.74 Å². The van der Waals surface area contributed by atoms with Crippen LogP contribution < -0.4 is 4.74 Å². The first-order chi connectivity index (χ1) is 15.2. The molecule has 5 heteroatoms. The van der Waals surface area contributed by atoms with Crippen LogP contribution in [0.2, 0.25) is 0 Å². The minimum atomic E-state index is 0.0842. The minimum Gasteiger partial charge on any atom is -0.456 e. The first-order valence-corrected chi connectivity index (χ1v) is 10.2. The van der Waals surface area contributed by atoms with Crippen molar-refractivity contribution in [1.29, 1.82) is 0 Å². The highest BCUT2D eigenvalue weighted by molar-refractivity contribution is 6.00. The lowest BCUT2D eigenvalue weighted by molar-refractivity contribution is 0.0766. The smallest absolute Gasteiger partial charge is 0.255 e. The molecular weight excluding hydrogens is 386 g/mol. The molecule has 31 heavy (non-hydrogen) atoms. The number of rotatable bonds is 5. The summed E-state index contributed by atoms with van der Waals surface area (Å²) in [4.78, 5) is 23.2. The van der Waals surface area contributed by atoms with Crippen LogP contribution in [0.3, 0.4) is 0 Å². The number of carbonyl (C=O) groups is 1. The lowest BCUT2D eigenvalue weighted by atomic mass is 9.97. The van der Waals surface area contributed by atoms with Gasteiger partial charge >= 0.3 is 0 Å². The van der Waals surface area contributed by atoms with Gasteiger partial charge in [0.15, 0.2) is 0 Å². The molecule has 5 rings (SSSR count). The number of carbonyl (C=O) groups excluding carboxylic acids is 1. The summed E-state index contributed by atoms with van der Waals surface area (Å²) in [6.07, 6.45) is 7.01. The van der Waals surface area contributed by atoms with Crippen molar-refractivity contribution < 1.29 is 9.53 Å². The van der Waals surface area contributed by atoms with Crippen molar-refractivity contribution in [1.82, 2.24) is 14.9 Å². The van der Waals surface area contributed by atoms with E-state index in [0.717, 1.165) is 39.1 Å². The standard InChI is InChI=1S/C26H21N3O2/c1-18-12-21(20-4-2-10-27-14-20)13-22-17-29(26(30)25(18)22)16-19-6-8-23(9-7-19)31-24-5-3-11-28-15-24/h2-15H,16-17H2,1H3. The lowest BCUT2D eigenvalue weighted by Crippen LogP contribution is -2.23. The van der Waals surface area contributed by atoms with Crippen LogP contribution in [0.5, 0.6) is 11.5 Å². The van der Waals surface area contributed by atoms with Crippen LogP contribution in [-0.2, 0) is 13.1 Å². The van der Waals surface area contributed by atoms with E-state index in [1.165, 1.54) is 0 Å². The van der Waals surface area contributed by atoms with Crippen molar-refractivity contribution >= 4 is 5.91 Å². The second kappa shape index (κ2) is 8.03. The Morgan fingerprint density at radius 3 is 2.39 bits per heavy atom. The van der Waals surface area contributed by atoms with Gasteiger partial charge in [-0.3, -0.25) is 14.8 Å². The van der Waals surface area contributed by atoms with Crippen molar-refractivity contribution in [3.05, 3.63) is 108 Å². The predicted molar refractivity (Wildman–Crippen MR) is 119 cm³/mol. The Morgan fingerprint density at radius 2 is 1.68 bits per heavy atom. The van der Waals surface area contributed by atoms with Gasteiger partial charge in [-0.05, 0) is 65.6 Å². The minimum absolute atomic E-state index is 0.0842. The highest BCUT2D eigenvalue weighted by atomic mass is 16.5. The summed E-state index contributed by atoms with van der Waals surface area (Å²) in [5, 5.41) is 0. The molecule has 2 aromatic carbocycles. The number of nitrogens with zero attached hydrogens (tertiary/aromatic N) is 3. The zero-order chi connectivity index (χ0) is 21.2. The van der Waals surface area contributed by atoms with E-state index in [1.807, 2.05) is 66.6 Å². The molecule has 0 saturated carbocycles. The van der Waals surface area contributed by atoms with Crippen molar-refractivity contribution in [2.24, 2.45) is 0 Å². The van der Waals surface area contributed by atoms with Crippen molar-refractivity contribution in [2.45, 2.75) is 20.0 Å². The average molecular weight is 407 g/mol. The maximum absolute atomic E-state index is 13.1. The van der Waals surface area contributed by atoms with E-state index in [9.17, 15) is 4.79 Å². The molecule has 0 aliphatic carbocycles. The molecule has 3 heterocycles. The fourth-order valence-corrected chi connectivity index (χ4v) is 3.98. The monoisotopic (exact) mass is 407 g/mol. The Morgan fingerprint density at radius 1 is 0.903 bits per heavy atom. The fourth-order valence-electron chi connectivity index (χ4n) is 3.98. The summed E-state index contributed by atoms with van der Waals surface area (Å²) in [6.45, 7) is 3.17. The molecule has 152 valence electrons. The third kappa shape index (κ3) is 3.90. The second-order valence-corrected chi connectivity index (χ2v) is 7.66. The molecule has 0 saturated heterocycles. The predicted octanol–water partition coefficient (Wildman–Crippen LogP) is 5.40.